The number of aromatic nitrogens is 1. The fourth-order valence-electron chi connectivity index (χ4n) is 1.34. The van der Waals surface area contributed by atoms with Gasteiger partial charge in [-0.05, 0) is 18.2 Å². The third-order valence-corrected chi connectivity index (χ3v) is 3.14. The Balaban J connectivity index is 2.29. The van der Waals surface area contributed by atoms with Crippen LogP contribution in [0.5, 0.6) is 0 Å². The molecule has 0 aliphatic heterocycles. The van der Waals surface area contributed by atoms with Crippen LogP contribution in [0.4, 0.5) is 10.1 Å². The zero-order chi connectivity index (χ0) is 13.1. The van der Waals surface area contributed by atoms with E-state index in [4.69, 9.17) is 18.0 Å². The summed E-state index contributed by atoms with van der Waals surface area (Å²) in [6.45, 7) is 0. The summed E-state index contributed by atoms with van der Waals surface area (Å²) in [5, 5.41) is 2.62. The zero-order valence-electron chi connectivity index (χ0n) is 9.01. The molecule has 92 valence electrons. The van der Waals surface area contributed by atoms with E-state index in [0.717, 1.165) is 0 Å². The Hall–Kier alpha value is -1.86. The average Bonchev–Trinajstić information content (AvgIpc) is 2.84. The molecule has 18 heavy (non-hydrogen) atoms. The van der Waals surface area contributed by atoms with Crippen LogP contribution in [-0.2, 0) is 0 Å². The number of rotatable bonds is 3. The van der Waals surface area contributed by atoms with Crippen molar-refractivity contribution in [1.82, 2.24) is 4.98 Å². The van der Waals surface area contributed by atoms with Gasteiger partial charge in [0.25, 0.3) is 5.91 Å². The highest BCUT2D eigenvalue weighted by atomic mass is 32.1. The van der Waals surface area contributed by atoms with Crippen LogP contribution in [-0.4, -0.2) is 15.9 Å². The van der Waals surface area contributed by atoms with Crippen molar-refractivity contribution in [2.45, 2.75) is 0 Å². The van der Waals surface area contributed by atoms with E-state index in [-0.39, 0.29) is 10.9 Å². The Labute approximate surface area is 112 Å². The van der Waals surface area contributed by atoms with Crippen LogP contribution in [0.2, 0.25) is 0 Å². The summed E-state index contributed by atoms with van der Waals surface area (Å²) < 4.78 is 13.1. The van der Waals surface area contributed by atoms with Crippen molar-refractivity contribution in [3.63, 3.8) is 0 Å². The summed E-state index contributed by atoms with van der Waals surface area (Å²) in [6.07, 6.45) is 1.45. The third-order valence-electron chi connectivity index (χ3n) is 2.15. The topological polar surface area (TPSA) is 68.0 Å². The van der Waals surface area contributed by atoms with E-state index in [9.17, 15) is 9.18 Å². The Kier molecular flexibility index (Phi) is 3.63. The van der Waals surface area contributed by atoms with Gasteiger partial charge in [0.2, 0.25) is 0 Å². The molecule has 0 saturated heterocycles. The summed E-state index contributed by atoms with van der Waals surface area (Å²) in [4.78, 5) is 16.1. The number of hydrogen-bond donors (Lipinski definition) is 2. The third kappa shape index (κ3) is 2.69. The predicted molar refractivity (Wildman–Crippen MR) is 72.4 cm³/mol. The fraction of sp³-hybridized carbons (Fsp3) is 0. The van der Waals surface area contributed by atoms with Crippen LogP contribution < -0.4 is 11.1 Å². The smallest absolute Gasteiger partial charge is 0.267 e. The van der Waals surface area contributed by atoms with E-state index in [2.05, 4.69) is 10.3 Å². The molecule has 0 saturated carbocycles. The number of hydrogen-bond acceptors (Lipinski definition) is 4. The van der Waals surface area contributed by atoms with Gasteiger partial charge in [0.1, 0.15) is 15.7 Å². The Bertz CT molecular complexity index is 598. The molecular weight excluding hydrogens is 273 g/mol. The van der Waals surface area contributed by atoms with E-state index in [1.54, 1.807) is 5.51 Å². The number of nitrogens with two attached hydrogens (primary N) is 1. The van der Waals surface area contributed by atoms with Gasteiger partial charge in [-0.1, -0.05) is 12.2 Å². The molecule has 2 aromatic rings. The first kappa shape index (κ1) is 12.6. The van der Waals surface area contributed by atoms with Crippen molar-refractivity contribution in [2.75, 3.05) is 5.32 Å². The molecule has 2 rings (SSSR count). The van der Waals surface area contributed by atoms with Crippen LogP contribution in [0.1, 0.15) is 15.2 Å². The van der Waals surface area contributed by atoms with E-state index in [0.29, 0.717) is 16.1 Å². The summed E-state index contributed by atoms with van der Waals surface area (Å²) in [5.74, 6) is -0.796. The second-order valence-electron chi connectivity index (χ2n) is 3.37. The number of thiocarbonyl (C=S) groups is 1. The van der Waals surface area contributed by atoms with Crippen molar-refractivity contribution in [3.05, 3.63) is 46.2 Å². The largest absolute Gasteiger partial charge is 0.389 e. The van der Waals surface area contributed by atoms with E-state index in [1.165, 1.54) is 35.7 Å². The van der Waals surface area contributed by atoms with Crippen LogP contribution >= 0.6 is 23.6 Å². The summed E-state index contributed by atoms with van der Waals surface area (Å²) in [7, 11) is 0. The number of carbonyl (C=O) groups is 1. The number of benzene rings is 1. The van der Waals surface area contributed by atoms with Gasteiger partial charge >= 0.3 is 0 Å². The van der Waals surface area contributed by atoms with E-state index >= 15 is 0 Å². The van der Waals surface area contributed by atoms with E-state index in [1.807, 2.05) is 0 Å². The molecule has 1 aromatic carbocycles. The normalized spacial score (nSPS) is 10.1. The maximum absolute atomic E-state index is 13.1. The van der Waals surface area contributed by atoms with Crippen molar-refractivity contribution < 1.29 is 9.18 Å². The maximum atomic E-state index is 13.1. The number of anilines is 1. The van der Waals surface area contributed by atoms with Crippen molar-refractivity contribution in [3.8, 4) is 0 Å². The van der Waals surface area contributed by atoms with Gasteiger partial charge < -0.3 is 11.1 Å². The second-order valence-corrected chi connectivity index (χ2v) is 4.70. The molecular formula is C11H8FN3OS2. The summed E-state index contributed by atoms with van der Waals surface area (Å²) in [6, 6.07) is 3.83. The van der Waals surface area contributed by atoms with Gasteiger partial charge in [0, 0.05) is 5.56 Å². The molecule has 1 amide bonds. The van der Waals surface area contributed by atoms with Crippen LogP contribution in [0.3, 0.4) is 0 Å². The van der Waals surface area contributed by atoms with Crippen LogP contribution in [0.15, 0.2) is 29.9 Å². The molecule has 4 nitrogen and oxygen atoms in total. The molecule has 0 unspecified atom stereocenters. The quantitative estimate of drug-likeness (QED) is 0.846. The van der Waals surface area contributed by atoms with Crippen LogP contribution in [0, 0.1) is 5.82 Å². The number of halogens is 1. The summed E-state index contributed by atoms with van der Waals surface area (Å²) in [5.41, 5.74) is 7.70. The Morgan fingerprint density at radius 2 is 2.28 bits per heavy atom. The summed E-state index contributed by atoms with van der Waals surface area (Å²) >= 11 is 6.02. The van der Waals surface area contributed by atoms with Crippen LogP contribution in [0.25, 0.3) is 0 Å². The van der Waals surface area contributed by atoms with Gasteiger partial charge in [0.15, 0.2) is 0 Å². The number of carbonyl (C=O) groups excluding carboxylic acids is 1. The number of nitrogens with zero attached hydrogens (tertiary/aromatic N) is 1. The molecule has 0 spiro atoms. The first-order valence-electron chi connectivity index (χ1n) is 4.87. The van der Waals surface area contributed by atoms with Crippen molar-refractivity contribution in [2.24, 2.45) is 5.73 Å². The van der Waals surface area contributed by atoms with Gasteiger partial charge in [-0.15, -0.1) is 11.3 Å². The molecule has 0 atom stereocenters. The monoisotopic (exact) mass is 281 g/mol. The van der Waals surface area contributed by atoms with Gasteiger partial charge in [-0.3, -0.25) is 9.78 Å². The van der Waals surface area contributed by atoms with Crippen molar-refractivity contribution >= 4 is 40.1 Å². The Morgan fingerprint density at radius 1 is 1.50 bits per heavy atom. The maximum Gasteiger partial charge on any atom is 0.267 e. The van der Waals surface area contributed by atoms with Gasteiger partial charge in [-0.25, -0.2) is 4.39 Å². The number of amides is 1. The molecule has 0 fully saturated rings. The highest BCUT2D eigenvalue weighted by Crippen LogP contribution is 2.18. The molecule has 1 aromatic heterocycles. The van der Waals surface area contributed by atoms with Gasteiger partial charge in [-0.2, -0.15) is 0 Å². The number of nitrogens with one attached hydrogen (secondary N) is 1. The lowest BCUT2D eigenvalue weighted by Gasteiger charge is -2.09. The first-order valence-corrected chi connectivity index (χ1v) is 6.16. The van der Waals surface area contributed by atoms with Crippen molar-refractivity contribution in [1.29, 1.82) is 0 Å². The molecule has 0 radical (unpaired) electrons. The molecule has 0 aliphatic carbocycles. The lowest BCUT2D eigenvalue weighted by molar-refractivity contribution is 0.103. The first-order chi connectivity index (χ1) is 8.58. The average molecular weight is 281 g/mol. The lowest BCUT2D eigenvalue weighted by atomic mass is 10.1. The fourth-order valence-corrected chi connectivity index (χ4v) is 2.03. The van der Waals surface area contributed by atoms with Gasteiger partial charge in [0.05, 0.1) is 17.4 Å². The molecule has 3 N–H and O–H groups in total. The number of thiazole rings is 1. The SMILES string of the molecule is NC(=S)c1cc(F)ccc1NC(=O)c1cncs1. The molecule has 7 heteroatoms. The second kappa shape index (κ2) is 5.19. The Morgan fingerprint density at radius 3 is 2.89 bits per heavy atom. The standard InChI is InChI=1S/C11H8FN3OS2/c12-6-1-2-8(7(3-6)10(13)17)15-11(16)9-4-14-5-18-9/h1-5H,(H2,13,17)(H,15,16). The highest BCUT2D eigenvalue weighted by Gasteiger charge is 2.12. The van der Waals surface area contributed by atoms with E-state index < -0.39 is 5.82 Å². The minimum Gasteiger partial charge on any atom is -0.389 e. The minimum absolute atomic E-state index is 0.0223. The molecule has 0 aliphatic rings. The zero-order valence-corrected chi connectivity index (χ0v) is 10.6. The predicted octanol–water partition coefficient (Wildman–Crippen LogP) is 2.17. The lowest BCUT2D eigenvalue weighted by Crippen LogP contribution is -2.17. The minimum atomic E-state index is -0.464. The molecule has 1 heterocycles. The highest BCUT2D eigenvalue weighted by molar-refractivity contribution is 7.80. The molecule has 0 bridgehead atoms.